The molecule has 1 aromatic carbocycles. The number of para-hydroxylation sites is 1. The van der Waals surface area contributed by atoms with Crippen molar-refractivity contribution in [2.75, 3.05) is 6.54 Å². The molecule has 0 unspecified atom stereocenters. The van der Waals surface area contributed by atoms with Crippen molar-refractivity contribution in [3.8, 4) is 0 Å². The number of H-pyrrole nitrogens is 1. The summed E-state index contributed by atoms with van der Waals surface area (Å²) < 4.78 is 0. The van der Waals surface area contributed by atoms with E-state index < -0.39 is 5.91 Å². The van der Waals surface area contributed by atoms with Gasteiger partial charge in [0, 0.05) is 12.6 Å². The third-order valence-corrected chi connectivity index (χ3v) is 6.83. The number of hydrogen-bond acceptors (Lipinski definition) is 3. The molecule has 25 heavy (non-hydrogen) atoms. The number of aromatic amines is 1. The van der Waals surface area contributed by atoms with Gasteiger partial charge in [-0.2, -0.15) is 0 Å². The van der Waals surface area contributed by atoms with Crippen molar-refractivity contribution >= 4 is 16.9 Å². The van der Waals surface area contributed by atoms with E-state index in [-0.39, 0.29) is 5.54 Å². The summed E-state index contributed by atoms with van der Waals surface area (Å²) >= 11 is 0. The summed E-state index contributed by atoms with van der Waals surface area (Å²) in [5.41, 5.74) is 7.79. The summed E-state index contributed by atoms with van der Waals surface area (Å²) in [4.78, 5) is 23.0. The number of hydrogen-bond donors (Lipinski definition) is 2. The molecule has 1 amide bonds. The van der Waals surface area contributed by atoms with Crippen LogP contribution in [0.5, 0.6) is 0 Å². The summed E-state index contributed by atoms with van der Waals surface area (Å²) in [5, 5.41) is 0. The number of amides is 1. The van der Waals surface area contributed by atoms with Gasteiger partial charge in [-0.25, -0.2) is 4.98 Å². The van der Waals surface area contributed by atoms with Gasteiger partial charge in [-0.3, -0.25) is 9.69 Å². The molecule has 2 atom stereocenters. The zero-order chi connectivity index (χ0) is 17.0. The van der Waals surface area contributed by atoms with E-state index in [9.17, 15) is 4.79 Å². The summed E-state index contributed by atoms with van der Waals surface area (Å²) in [6, 6.07) is 6.36. The highest BCUT2D eigenvalue weighted by molar-refractivity contribution is 6.04. The number of imidazole rings is 1. The average Bonchev–Trinajstić information content (AvgIpc) is 3.34. The van der Waals surface area contributed by atoms with E-state index in [0.717, 1.165) is 22.8 Å². The minimum Gasteiger partial charge on any atom is -0.366 e. The van der Waals surface area contributed by atoms with E-state index in [1.54, 1.807) is 6.07 Å². The summed E-state index contributed by atoms with van der Waals surface area (Å²) in [7, 11) is 0. The van der Waals surface area contributed by atoms with Crippen molar-refractivity contribution in [2.24, 2.45) is 11.7 Å². The molecule has 2 bridgehead atoms. The Morgan fingerprint density at radius 2 is 2.08 bits per heavy atom. The number of carbonyl (C=O) groups excluding carboxylic acids is 1. The number of likely N-dealkylation sites (tertiary alicyclic amines) is 1. The number of nitrogens with zero attached hydrogens (tertiary/aromatic N) is 2. The normalized spacial score (nSPS) is 30.3. The van der Waals surface area contributed by atoms with Gasteiger partial charge < -0.3 is 10.7 Å². The topological polar surface area (TPSA) is 75.0 Å². The van der Waals surface area contributed by atoms with E-state index in [1.165, 1.54) is 57.9 Å². The first-order chi connectivity index (χ1) is 12.2. The van der Waals surface area contributed by atoms with Gasteiger partial charge in [0.2, 0.25) is 0 Å². The van der Waals surface area contributed by atoms with Crippen LogP contribution in [0.3, 0.4) is 0 Å². The van der Waals surface area contributed by atoms with Crippen LogP contribution in [-0.4, -0.2) is 33.4 Å². The molecule has 0 radical (unpaired) electrons. The molecule has 2 saturated carbocycles. The summed E-state index contributed by atoms with van der Waals surface area (Å²) in [5.74, 6) is 1.45. The van der Waals surface area contributed by atoms with Crippen molar-refractivity contribution in [1.29, 1.82) is 0 Å². The van der Waals surface area contributed by atoms with E-state index >= 15 is 0 Å². The lowest BCUT2D eigenvalue weighted by molar-refractivity contribution is 0.0398. The van der Waals surface area contributed by atoms with Crippen LogP contribution in [0.2, 0.25) is 0 Å². The predicted molar refractivity (Wildman–Crippen MR) is 97.2 cm³/mol. The predicted octanol–water partition coefficient (Wildman–Crippen LogP) is 3.31. The monoisotopic (exact) mass is 338 g/mol. The Bertz CT molecular complexity index is 822. The van der Waals surface area contributed by atoms with Crippen LogP contribution in [0.15, 0.2) is 18.2 Å². The Morgan fingerprint density at radius 1 is 1.24 bits per heavy atom. The second-order valence-corrected chi connectivity index (χ2v) is 8.24. The maximum Gasteiger partial charge on any atom is 0.250 e. The second kappa shape index (κ2) is 5.56. The standard InChI is InChI=1S/C20H26N4O/c21-18(25)15-7-4-8-16-17(15)23-19(22-16)20-10-9-13(11-20)12-24(20)14-5-2-1-3-6-14/h4,7-8,13-14H,1-3,5-6,9-12H2,(H2,21,25)(H,22,23)/t13-,20+/m0/s1. The Morgan fingerprint density at radius 3 is 2.84 bits per heavy atom. The molecule has 2 aromatic rings. The van der Waals surface area contributed by atoms with Crippen LogP contribution in [-0.2, 0) is 5.54 Å². The van der Waals surface area contributed by atoms with Gasteiger partial charge in [0.05, 0.1) is 16.6 Å². The molecule has 3 aliphatic rings. The van der Waals surface area contributed by atoms with Gasteiger partial charge in [0.25, 0.3) is 5.91 Å². The molecule has 2 heterocycles. The average molecular weight is 338 g/mol. The molecular formula is C20H26N4O. The molecule has 5 heteroatoms. The van der Waals surface area contributed by atoms with E-state index in [2.05, 4.69) is 9.88 Å². The number of piperidine rings is 1. The first-order valence-corrected chi connectivity index (χ1v) is 9.73. The highest BCUT2D eigenvalue weighted by atomic mass is 16.1. The molecule has 132 valence electrons. The van der Waals surface area contributed by atoms with Crippen LogP contribution >= 0.6 is 0 Å². The largest absolute Gasteiger partial charge is 0.366 e. The Kier molecular flexibility index (Phi) is 3.42. The minimum atomic E-state index is -0.402. The number of rotatable bonds is 3. The van der Waals surface area contributed by atoms with Gasteiger partial charge in [-0.05, 0) is 50.2 Å². The van der Waals surface area contributed by atoms with Crippen LogP contribution < -0.4 is 5.73 Å². The third kappa shape index (κ3) is 2.25. The van der Waals surface area contributed by atoms with Gasteiger partial charge in [-0.15, -0.1) is 0 Å². The fourth-order valence-electron chi connectivity index (χ4n) is 5.69. The number of nitrogens with one attached hydrogen (secondary N) is 1. The lowest BCUT2D eigenvalue weighted by Crippen LogP contribution is -2.49. The van der Waals surface area contributed by atoms with Gasteiger partial charge in [-0.1, -0.05) is 25.3 Å². The van der Waals surface area contributed by atoms with Gasteiger partial charge >= 0.3 is 0 Å². The minimum absolute atomic E-state index is 0.0423. The van der Waals surface area contributed by atoms with Crippen molar-refractivity contribution in [2.45, 2.75) is 62.9 Å². The molecular weight excluding hydrogens is 312 g/mol. The lowest BCUT2D eigenvalue weighted by atomic mass is 9.88. The molecule has 3 fully saturated rings. The fourth-order valence-corrected chi connectivity index (χ4v) is 5.69. The number of benzene rings is 1. The number of aromatic nitrogens is 2. The molecule has 3 N–H and O–H groups in total. The number of carbonyl (C=O) groups is 1. The molecule has 0 spiro atoms. The first-order valence-electron chi connectivity index (χ1n) is 9.73. The maximum absolute atomic E-state index is 11.8. The summed E-state index contributed by atoms with van der Waals surface area (Å²) in [6.45, 7) is 1.21. The van der Waals surface area contributed by atoms with Crippen molar-refractivity contribution in [3.05, 3.63) is 29.6 Å². The number of nitrogens with two attached hydrogens (primary N) is 1. The molecule has 5 nitrogen and oxygen atoms in total. The zero-order valence-corrected chi connectivity index (χ0v) is 14.6. The molecule has 1 saturated heterocycles. The lowest BCUT2D eigenvalue weighted by Gasteiger charge is -2.44. The third-order valence-electron chi connectivity index (χ3n) is 6.83. The van der Waals surface area contributed by atoms with Crippen LogP contribution in [0, 0.1) is 5.92 Å². The maximum atomic E-state index is 11.8. The number of fused-ring (bicyclic) bond motifs is 3. The van der Waals surface area contributed by atoms with Crippen molar-refractivity contribution in [1.82, 2.24) is 14.9 Å². The Balaban J connectivity index is 1.59. The smallest absolute Gasteiger partial charge is 0.250 e. The Labute approximate surface area is 148 Å². The zero-order valence-electron chi connectivity index (χ0n) is 14.6. The second-order valence-electron chi connectivity index (χ2n) is 8.24. The molecule has 1 aromatic heterocycles. The highest BCUT2D eigenvalue weighted by Gasteiger charge is 2.55. The van der Waals surface area contributed by atoms with Crippen molar-refractivity contribution in [3.63, 3.8) is 0 Å². The van der Waals surface area contributed by atoms with Crippen LogP contribution in [0.4, 0.5) is 0 Å². The number of primary amides is 1. The van der Waals surface area contributed by atoms with Crippen molar-refractivity contribution < 1.29 is 4.79 Å². The molecule has 2 aliphatic carbocycles. The Hall–Kier alpha value is -1.88. The van der Waals surface area contributed by atoms with Gasteiger partial charge in [0.15, 0.2) is 0 Å². The van der Waals surface area contributed by atoms with Crippen LogP contribution in [0.25, 0.3) is 11.0 Å². The fraction of sp³-hybridized carbons (Fsp3) is 0.600. The quantitative estimate of drug-likeness (QED) is 0.901. The first kappa shape index (κ1) is 15.4. The summed E-state index contributed by atoms with van der Waals surface area (Å²) in [6.07, 6.45) is 10.4. The van der Waals surface area contributed by atoms with E-state index in [1.807, 2.05) is 12.1 Å². The molecule has 5 rings (SSSR count). The van der Waals surface area contributed by atoms with E-state index in [4.69, 9.17) is 10.7 Å². The molecule has 1 aliphatic heterocycles. The highest BCUT2D eigenvalue weighted by Crippen LogP contribution is 2.54. The van der Waals surface area contributed by atoms with Crippen LogP contribution in [0.1, 0.15) is 67.5 Å². The van der Waals surface area contributed by atoms with Gasteiger partial charge in [0.1, 0.15) is 11.3 Å². The SMILES string of the molecule is NC(=O)c1cccc2[nH]c([C@]34CC[C@H](CN3C3CCCCC3)C4)nc12. The van der Waals surface area contributed by atoms with E-state index in [0.29, 0.717) is 11.6 Å².